The Hall–Kier alpha value is -1.62. The van der Waals surface area contributed by atoms with Crippen LogP contribution in [0.3, 0.4) is 0 Å². The van der Waals surface area contributed by atoms with Crippen LogP contribution in [-0.2, 0) is 10.3 Å². The summed E-state index contributed by atoms with van der Waals surface area (Å²) in [5.74, 6) is 0.132. The standard InChI is InChI=1S/C20H19IO2/c1-3-14-4-6-15(7-5-14)19(22)23-20(2,16-8-9-16)17-10-12-18(21)13-11-17/h3-7,10-13,16H,1,8-9H2,2H3. The van der Waals surface area contributed by atoms with E-state index < -0.39 is 5.60 Å². The lowest BCUT2D eigenvalue weighted by Crippen LogP contribution is -2.31. The zero-order valence-electron chi connectivity index (χ0n) is 13.1. The molecule has 1 unspecified atom stereocenters. The van der Waals surface area contributed by atoms with Crippen LogP contribution in [0.1, 0.15) is 41.3 Å². The summed E-state index contributed by atoms with van der Waals surface area (Å²) < 4.78 is 7.16. The Morgan fingerprint density at radius 3 is 2.30 bits per heavy atom. The molecule has 0 amide bonds. The van der Waals surface area contributed by atoms with E-state index in [4.69, 9.17) is 4.74 Å². The first kappa shape index (κ1) is 16.2. The zero-order valence-corrected chi connectivity index (χ0v) is 15.2. The SMILES string of the molecule is C=Cc1ccc(C(=O)OC(C)(c2ccc(I)cc2)C2CC2)cc1. The van der Waals surface area contributed by atoms with Gasteiger partial charge in [0.2, 0.25) is 0 Å². The van der Waals surface area contributed by atoms with Gasteiger partial charge in [-0.25, -0.2) is 4.79 Å². The number of ether oxygens (including phenoxy) is 1. The van der Waals surface area contributed by atoms with Crippen LogP contribution >= 0.6 is 22.6 Å². The van der Waals surface area contributed by atoms with E-state index in [1.807, 2.05) is 19.1 Å². The molecule has 118 valence electrons. The normalized spacial score (nSPS) is 16.4. The number of hydrogen-bond acceptors (Lipinski definition) is 2. The molecule has 1 aliphatic carbocycles. The van der Waals surface area contributed by atoms with Crippen LogP contribution in [0.25, 0.3) is 6.08 Å². The molecule has 2 nitrogen and oxygen atoms in total. The third kappa shape index (κ3) is 3.50. The quantitative estimate of drug-likeness (QED) is 0.479. The Bertz CT molecular complexity index is 714. The molecule has 0 N–H and O–H groups in total. The molecule has 0 bridgehead atoms. The van der Waals surface area contributed by atoms with E-state index in [9.17, 15) is 4.79 Å². The summed E-state index contributed by atoms with van der Waals surface area (Å²) in [7, 11) is 0. The van der Waals surface area contributed by atoms with Gasteiger partial charge in [0.05, 0.1) is 5.56 Å². The van der Waals surface area contributed by atoms with Gasteiger partial charge in [0.1, 0.15) is 5.60 Å². The highest BCUT2D eigenvalue weighted by molar-refractivity contribution is 14.1. The number of benzene rings is 2. The average molecular weight is 418 g/mol. The zero-order chi connectivity index (χ0) is 16.4. The Kier molecular flexibility index (Phi) is 4.57. The van der Waals surface area contributed by atoms with Crippen molar-refractivity contribution >= 4 is 34.6 Å². The van der Waals surface area contributed by atoms with Gasteiger partial charge in [-0.15, -0.1) is 0 Å². The van der Waals surface area contributed by atoms with Gasteiger partial charge in [-0.2, -0.15) is 0 Å². The fraction of sp³-hybridized carbons (Fsp3) is 0.250. The van der Waals surface area contributed by atoms with Crippen molar-refractivity contribution in [1.82, 2.24) is 0 Å². The topological polar surface area (TPSA) is 26.3 Å². The number of halogens is 1. The third-order valence-electron chi connectivity index (χ3n) is 4.46. The van der Waals surface area contributed by atoms with Crippen LogP contribution in [0.2, 0.25) is 0 Å². The first-order valence-electron chi connectivity index (χ1n) is 7.75. The summed E-state index contributed by atoms with van der Waals surface area (Å²) in [6, 6.07) is 15.6. The number of esters is 1. The second kappa shape index (κ2) is 6.48. The fourth-order valence-electron chi connectivity index (χ4n) is 2.80. The molecule has 0 radical (unpaired) electrons. The van der Waals surface area contributed by atoms with E-state index in [1.54, 1.807) is 18.2 Å². The van der Waals surface area contributed by atoms with Crippen LogP contribution in [0.5, 0.6) is 0 Å². The van der Waals surface area contributed by atoms with E-state index in [-0.39, 0.29) is 5.97 Å². The molecule has 2 aromatic rings. The molecule has 1 aliphatic rings. The molecule has 2 aromatic carbocycles. The van der Waals surface area contributed by atoms with Crippen LogP contribution in [0, 0.1) is 9.49 Å². The minimum absolute atomic E-state index is 0.270. The fourth-order valence-corrected chi connectivity index (χ4v) is 3.16. The monoisotopic (exact) mass is 418 g/mol. The molecule has 0 heterocycles. The van der Waals surface area contributed by atoms with E-state index in [2.05, 4.69) is 53.4 Å². The highest BCUT2D eigenvalue weighted by Crippen LogP contribution is 2.48. The lowest BCUT2D eigenvalue weighted by atomic mass is 9.90. The lowest BCUT2D eigenvalue weighted by Gasteiger charge is -2.30. The maximum Gasteiger partial charge on any atom is 0.339 e. The largest absolute Gasteiger partial charge is 0.451 e. The molecule has 0 aliphatic heterocycles. The maximum absolute atomic E-state index is 12.6. The van der Waals surface area contributed by atoms with Crippen molar-refractivity contribution in [3.63, 3.8) is 0 Å². The minimum Gasteiger partial charge on any atom is -0.451 e. The average Bonchev–Trinajstić information content (AvgIpc) is 3.40. The summed E-state index contributed by atoms with van der Waals surface area (Å²) in [6.45, 7) is 5.76. The summed E-state index contributed by atoms with van der Waals surface area (Å²) in [5, 5.41) is 0. The highest BCUT2D eigenvalue weighted by Gasteiger charge is 2.46. The lowest BCUT2D eigenvalue weighted by molar-refractivity contribution is -0.0239. The molecule has 23 heavy (non-hydrogen) atoms. The van der Waals surface area contributed by atoms with Crippen molar-refractivity contribution < 1.29 is 9.53 Å². The molecular weight excluding hydrogens is 399 g/mol. The van der Waals surface area contributed by atoms with E-state index in [1.165, 1.54) is 3.57 Å². The number of hydrogen-bond donors (Lipinski definition) is 0. The van der Waals surface area contributed by atoms with Crippen molar-refractivity contribution in [1.29, 1.82) is 0 Å². The van der Waals surface area contributed by atoms with Crippen LogP contribution < -0.4 is 0 Å². The molecule has 1 atom stereocenters. The molecule has 0 spiro atoms. The molecule has 3 rings (SSSR count). The molecule has 0 saturated heterocycles. The van der Waals surface area contributed by atoms with Gasteiger partial charge in [0.15, 0.2) is 0 Å². The summed E-state index contributed by atoms with van der Waals surface area (Å²) in [6.07, 6.45) is 3.96. The summed E-state index contributed by atoms with van der Waals surface area (Å²) >= 11 is 2.28. The van der Waals surface area contributed by atoms with Gasteiger partial charge >= 0.3 is 5.97 Å². The Morgan fingerprint density at radius 1 is 1.17 bits per heavy atom. The van der Waals surface area contributed by atoms with Gasteiger partial charge in [-0.05, 0) is 77.7 Å². The van der Waals surface area contributed by atoms with Gasteiger partial charge in [-0.3, -0.25) is 0 Å². The van der Waals surface area contributed by atoms with Gasteiger partial charge < -0.3 is 4.74 Å². The summed E-state index contributed by atoms with van der Waals surface area (Å²) in [4.78, 5) is 12.6. The van der Waals surface area contributed by atoms with Crippen molar-refractivity contribution in [3.8, 4) is 0 Å². The van der Waals surface area contributed by atoms with E-state index >= 15 is 0 Å². The van der Waals surface area contributed by atoms with Gasteiger partial charge in [0, 0.05) is 9.49 Å². The number of rotatable bonds is 5. The third-order valence-corrected chi connectivity index (χ3v) is 5.18. The maximum atomic E-state index is 12.6. The summed E-state index contributed by atoms with van der Waals surface area (Å²) in [5.41, 5.74) is 2.08. The van der Waals surface area contributed by atoms with Gasteiger partial charge in [0.25, 0.3) is 0 Å². The van der Waals surface area contributed by atoms with Gasteiger partial charge in [-0.1, -0.05) is 36.9 Å². The first-order valence-corrected chi connectivity index (χ1v) is 8.82. The Balaban J connectivity index is 1.85. The van der Waals surface area contributed by atoms with Crippen LogP contribution in [-0.4, -0.2) is 5.97 Å². The molecule has 3 heteroatoms. The van der Waals surface area contributed by atoms with Crippen molar-refractivity contribution in [2.24, 2.45) is 5.92 Å². The minimum atomic E-state index is -0.557. The predicted octanol–water partition coefficient (Wildman–Crippen LogP) is 5.42. The Labute approximate surface area is 150 Å². The molecule has 0 aromatic heterocycles. The smallest absolute Gasteiger partial charge is 0.339 e. The number of carbonyl (C=O) groups is 1. The van der Waals surface area contributed by atoms with Crippen molar-refractivity contribution in [3.05, 3.63) is 75.4 Å². The van der Waals surface area contributed by atoms with Crippen molar-refractivity contribution in [2.75, 3.05) is 0 Å². The van der Waals surface area contributed by atoms with Crippen LogP contribution in [0.4, 0.5) is 0 Å². The number of carbonyl (C=O) groups excluding carboxylic acids is 1. The first-order chi connectivity index (χ1) is 11.0. The van der Waals surface area contributed by atoms with Crippen molar-refractivity contribution in [2.45, 2.75) is 25.4 Å². The second-order valence-electron chi connectivity index (χ2n) is 6.10. The highest BCUT2D eigenvalue weighted by atomic mass is 127. The van der Waals surface area contributed by atoms with E-state index in [0.717, 1.165) is 24.0 Å². The Morgan fingerprint density at radius 2 is 1.78 bits per heavy atom. The molecular formula is C20H19IO2. The molecule has 1 fully saturated rings. The van der Waals surface area contributed by atoms with E-state index in [0.29, 0.717) is 11.5 Å². The second-order valence-corrected chi connectivity index (χ2v) is 7.35. The molecule has 1 saturated carbocycles. The predicted molar refractivity (Wildman–Crippen MR) is 101 cm³/mol. The van der Waals surface area contributed by atoms with Crippen LogP contribution in [0.15, 0.2) is 55.1 Å².